The SMILES string of the molecule is Cc1cccc2[nH]cc(CCNc3ccc(S(N)(=O)=O)c(C(F)(F)F)c3)c12. The summed E-state index contributed by atoms with van der Waals surface area (Å²) < 4.78 is 62.3. The molecule has 9 heteroatoms. The first-order valence-electron chi connectivity index (χ1n) is 8.11. The zero-order valence-corrected chi connectivity index (χ0v) is 15.2. The van der Waals surface area contributed by atoms with E-state index in [2.05, 4.69) is 10.3 Å². The van der Waals surface area contributed by atoms with Crippen LogP contribution < -0.4 is 10.5 Å². The van der Waals surface area contributed by atoms with Gasteiger partial charge in [0.25, 0.3) is 0 Å². The van der Waals surface area contributed by atoms with Crippen molar-refractivity contribution < 1.29 is 21.6 Å². The minimum absolute atomic E-state index is 0.172. The quantitative estimate of drug-likeness (QED) is 0.612. The van der Waals surface area contributed by atoms with Crippen LogP contribution in [0.2, 0.25) is 0 Å². The number of hydrogen-bond acceptors (Lipinski definition) is 3. The van der Waals surface area contributed by atoms with Crippen molar-refractivity contribution >= 4 is 26.6 Å². The lowest BCUT2D eigenvalue weighted by molar-refractivity contribution is -0.139. The normalized spacial score (nSPS) is 12.5. The van der Waals surface area contributed by atoms with Gasteiger partial charge in [-0.05, 0) is 48.7 Å². The maximum atomic E-state index is 13.2. The molecule has 0 fully saturated rings. The molecule has 0 saturated heterocycles. The van der Waals surface area contributed by atoms with Crippen molar-refractivity contribution in [3.63, 3.8) is 0 Å². The Bertz CT molecular complexity index is 1090. The van der Waals surface area contributed by atoms with Gasteiger partial charge in [-0.15, -0.1) is 0 Å². The van der Waals surface area contributed by atoms with Crippen molar-refractivity contribution in [2.24, 2.45) is 5.14 Å². The fourth-order valence-corrected chi connectivity index (χ4v) is 3.84. The Kier molecular flexibility index (Phi) is 4.92. The van der Waals surface area contributed by atoms with Crippen LogP contribution in [0.15, 0.2) is 47.5 Å². The van der Waals surface area contributed by atoms with Gasteiger partial charge in [0.1, 0.15) is 0 Å². The average molecular weight is 397 g/mol. The fourth-order valence-electron chi connectivity index (χ4n) is 3.10. The lowest BCUT2D eigenvalue weighted by atomic mass is 10.1. The maximum Gasteiger partial charge on any atom is 0.417 e. The summed E-state index contributed by atoms with van der Waals surface area (Å²) in [5.41, 5.74) is 2.06. The number of aromatic nitrogens is 1. The van der Waals surface area contributed by atoms with Gasteiger partial charge in [0.2, 0.25) is 10.0 Å². The van der Waals surface area contributed by atoms with E-state index in [-0.39, 0.29) is 5.69 Å². The molecule has 2 aromatic carbocycles. The number of primary sulfonamides is 1. The number of fused-ring (bicyclic) bond motifs is 1. The second-order valence-electron chi connectivity index (χ2n) is 6.24. The molecule has 4 N–H and O–H groups in total. The molecule has 3 rings (SSSR count). The van der Waals surface area contributed by atoms with Gasteiger partial charge >= 0.3 is 6.18 Å². The third kappa shape index (κ3) is 4.09. The van der Waals surface area contributed by atoms with E-state index in [9.17, 15) is 21.6 Å². The summed E-state index contributed by atoms with van der Waals surface area (Å²) in [7, 11) is -4.47. The third-order valence-electron chi connectivity index (χ3n) is 4.31. The molecule has 144 valence electrons. The molecule has 0 bridgehead atoms. The molecule has 27 heavy (non-hydrogen) atoms. The fraction of sp³-hybridized carbons (Fsp3) is 0.222. The van der Waals surface area contributed by atoms with Gasteiger partial charge < -0.3 is 10.3 Å². The highest BCUT2D eigenvalue weighted by atomic mass is 32.2. The highest BCUT2D eigenvalue weighted by molar-refractivity contribution is 7.89. The maximum absolute atomic E-state index is 13.2. The monoisotopic (exact) mass is 397 g/mol. The molecule has 0 saturated carbocycles. The van der Waals surface area contributed by atoms with Crippen molar-refractivity contribution in [1.82, 2.24) is 4.98 Å². The Morgan fingerprint density at radius 2 is 1.93 bits per heavy atom. The Balaban J connectivity index is 1.80. The first kappa shape index (κ1) is 19.2. The predicted octanol–water partition coefficient (Wildman–Crippen LogP) is 3.80. The molecule has 0 unspecified atom stereocenters. The minimum Gasteiger partial charge on any atom is -0.385 e. The largest absolute Gasteiger partial charge is 0.417 e. The Morgan fingerprint density at radius 1 is 1.19 bits per heavy atom. The second-order valence-corrected chi connectivity index (χ2v) is 7.77. The zero-order chi connectivity index (χ0) is 19.8. The van der Waals surface area contributed by atoms with Crippen LogP contribution in [-0.4, -0.2) is 19.9 Å². The molecule has 0 atom stereocenters. The number of halogens is 3. The minimum atomic E-state index is -4.83. The molecule has 1 heterocycles. The van der Waals surface area contributed by atoms with E-state index >= 15 is 0 Å². The standard InChI is InChI=1S/C18H18F3N3O2S/c1-11-3-2-4-15-17(11)12(10-24-15)7-8-23-13-5-6-16(27(22,25)26)14(9-13)18(19,20)21/h2-6,9-10,23-24H,7-8H2,1H3,(H2,22,25,26). The molecular weight excluding hydrogens is 379 g/mol. The van der Waals surface area contributed by atoms with E-state index in [1.807, 2.05) is 31.3 Å². The summed E-state index contributed by atoms with van der Waals surface area (Å²) in [5, 5.41) is 8.89. The lowest BCUT2D eigenvalue weighted by Gasteiger charge is -2.14. The average Bonchev–Trinajstić information content (AvgIpc) is 2.98. The van der Waals surface area contributed by atoms with Crippen LogP contribution in [0, 0.1) is 6.92 Å². The van der Waals surface area contributed by atoms with Crippen molar-refractivity contribution in [2.75, 3.05) is 11.9 Å². The Labute approximate surface area is 154 Å². The van der Waals surface area contributed by atoms with Crippen molar-refractivity contribution in [1.29, 1.82) is 0 Å². The highest BCUT2D eigenvalue weighted by Gasteiger charge is 2.36. The van der Waals surface area contributed by atoms with Crippen LogP contribution in [0.1, 0.15) is 16.7 Å². The van der Waals surface area contributed by atoms with Gasteiger partial charge in [-0.1, -0.05) is 12.1 Å². The molecule has 0 radical (unpaired) electrons. The smallest absolute Gasteiger partial charge is 0.385 e. The van der Waals surface area contributed by atoms with Crippen LogP contribution >= 0.6 is 0 Å². The summed E-state index contributed by atoms with van der Waals surface area (Å²) in [5.74, 6) is 0. The molecule has 0 amide bonds. The number of anilines is 1. The van der Waals surface area contributed by atoms with Gasteiger partial charge in [0.15, 0.2) is 0 Å². The van der Waals surface area contributed by atoms with Gasteiger partial charge in [-0.25, -0.2) is 13.6 Å². The molecule has 5 nitrogen and oxygen atoms in total. The summed E-state index contributed by atoms with van der Waals surface area (Å²) >= 11 is 0. The van der Waals surface area contributed by atoms with E-state index < -0.39 is 26.7 Å². The molecule has 3 aromatic rings. The number of benzene rings is 2. The highest BCUT2D eigenvalue weighted by Crippen LogP contribution is 2.35. The van der Waals surface area contributed by atoms with E-state index in [1.54, 1.807) is 0 Å². The van der Waals surface area contributed by atoms with Crippen molar-refractivity contribution in [3.8, 4) is 0 Å². The van der Waals surface area contributed by atoms with E-state index in [1.165, 1.54) is 6.07 Å². The summed E-state index contributed by atoms with van der Waals surface area (Å²) in [4.78, 5) is 2.24. The first-order valence-corrected chi connectivity index (χ1v) is 9.65. The Morgan fingerprint density at radius 3 is 2.59 bits per heavy atom. The number of nitrogens with one attached hydrogen (secondary N) is 2. The van der Waals surface area contributed by atoms with E-state index in [4.69, 9.17) is 5.14 Å². The topological polar surface area (TPSA) is 88.0 Å². The molecule has 0 aliphatic rings. The zero-order valence-electron chi connectivity index (χ0n) is 14.4. The predicted molar refractivity (Wildman–Crippen MR) is 98.0 cm³/mol. The lowest BCUT2D eigenvalue weighted by Crippen LogP contribution is -2.19. The van der Waals surface area contributed by atoms with Crippen LogP contribution in [0.4, 0.5) is 18.9 Å². The Hall–Kier alpha value is -2.52. The summed E-state index contributed by atoms with van der Waals surface area (Å²) in [6.07, 6.45) is -2.36. The summed E-state index contributed by atoms with van der Waals surface area (Å²) in [6.45, 7) is 2.38. The number of hydrogen-bond donors (Lipinski definition) is 3. The van der Waals surface area contributed by atoms with Crippen molar-refractivity contribution in [2.45, 2.75) is 24.4 Å². The number of H-pyrrole nitrogens is 1. The first-order chi connectivity index (χ1) is 12.6. The molecule has 1 aromatic heterocycles. The molecular formula is C18H18F3N3O2S. The molecule has 0 aliphatic heterocycles. The number of aromatic amines is 1. The third-order valence-corrected chi connectivity index (χ3v) is 5.28. The van der Waals surface area contributed by atoms with Crippen LogP contribution in [-0.2, 0) is 22.6 Å². The number of nitrogens with two attached hydrogens (primary N) is 1. The second kappa shape index (κ2) is 6.90. The molecule has 0 aliphatic carbocycles. The van der Waals surface area contributed by atoms with Crippen LogP contribution in [0.3, 0.4) is 0 Å². The van der Waals surface area contributed by atoms with Gasteiger partial charge in [0.05, 0.1) is 10.5 Å². The van der Waals surface area contributed by atoms with Gasteiger partial charge in [0, 0.05) is 29.3 Å². The van der Waals surface area contributed by atoms with Gasteiger partial charge in [-0.2, -0.15) is 13.2 Å². The summed E-state index contributed by atoms with van der Waals surface area (Å²) in [6, 6.07) is 8.81. The van der Waals surface area contributed by atoms with E-state index in [0.717, 1.165) is 34.2 Å². The number of aryl methyl sites for hydroxylation is 1. The van der Waals surface area contributed by atoms with Crippen LogP contribution in [0.5, 0.6) is 0 Å². The number of sulfonamides is 1. The van der Waals surface area contributed by atoms with E-state index in [0.29, 0.717) is 13.0 Å². The van der Waals surface area contributed by atoms with Crippen LogP contribution in [0.25, 0.3) is 10.9 Å². The van der Waals surface area contributed by atoms with Crippen molar-refractivity contribution in [3.05, 3.63) is 59.3 Å². The number of rotatable bonds is 5. The van der Waals surface area contributed by atoms with Gasteiger partial charge in [-0.3, -0.25) is 0 Å². The molecule has 0 spiro atoms. The number of alkyl halides is 3.